The zero-order chi connectivity index (χ0) is 31.1. The van der Waals surface area contributed by atoms with Crippen molar-refractivity contribution < 1.29 is 9.85 Å². The molecule has 234 valence electrons. The minimum absolute atomic E-state index is 0.0787. The van der Waals surface area contributed by atoms with E-state index in [9.17, 15) is 20.2 Å². The van der Waals surface area contributed by atoms with E-state index < -0.39 is 0 Å². The number of benzene rings is 4. The lowest BCUT2D eigenvalue weighted by Crippen LogP contribution is -2.66. The fourth-order valence-electron chi connectivity index (χ4n) is 14.2. The van der Waals surface area contributed by atoms with E-state index in [0.717, 1.165) is 45.2 Å². The van der Waals surface area contributed by atoms with Gasteiger partial charge in [0.05, 0.1) is 20.6 Å². The molecule has 4 atom stereocenters. The SMILES string of the molecule is O=[N+]([O-])c1ccc(C23CC4CC(C2)CC(C25CC6CC(CC(c7ccc([N+](=O)[O-])c8ccccc78)(C6)C2)C5)(C4)C3)c2ccccc12. The minimum Gasteiger partial charge on any atom is -0.258 e. The summed E-state index contributed by atoms with van der Waals surface area (Å²) < 4.78 is 0. The first-order chi connectivity index (χ1) is 22.2. The predicted octanol–water partition coefficient (Wildman–Crippen LogP) is 10.2. The molecule has 0 aromatic heterocycles. The van der Waals surface area contributed by atoms with Gasteiger partial charge in [-0.25, -0.2) is 0 Å². The van der Waals surface area contributed by atoms with E-state index in [2.05, 4.69) is 36.4 Å². The van der Waals surface area contributed by atoms with Gasteiger partial charge < -0.3 is 0 Å². The van der Waals surface area contributed by atoms with Crippen molar-refractivity contribution in [2.75, 3.05) is 0 Å². The second kappa shape index (κ2) is 8.96. The molecule has 0 radical (unpaired) electrons. The molecule has 0 heterocycles. The summed E-state index contributed by atoms with van der Waals surface area (Å²) in [6, 6.07) is 24.1. The molecule has 4 aromatic carbocycles. The van der Waals surface area contributed by atoms with E-state index in [1.807, 2.05) is 24.3 Å². The quantitative estimate of drug-likeness (QED) is 0.166. The highest BCUT2D eigenvalue weighted by Gasteiger charge is 2.70. The standard InChI is InChI=1S/C40H40N2O4/c43-41(44)35-11-9-33(29-5-1-3-7-31(29)35)37-15-25-13-26(16-37)20-39(19-25,23-37)40-21-27-14-28(22-40)18-38(17-27,24-40)34-10-12-36(42(45)46)32-8-4-2-6-30(32)34/h1-12,25-28H,13-24H2. The number of nitro benzene ring substituents is 2. The molecule has 8 aliphatic carbocycles. The Labute approximate surface area is 268 Å². The Morgan fingerprint density at radius 3 is 1.17 bits per heavy atom. The lowest BCUT2D eigenvalue weighted by molar-refractivity contribution is -0.383. The smallest absolute Gasteiger partial charge is 0.258 e. The lowest BCUT2D eigenvalue weighted by Gasteiger charge is -2.74. The third-order valence-electron chi connectivity index (χ3n) is 14.6. The van der Waals surface area contributed by atoms with Crippen LogP contribution in [0.5, 0.6) is 0 Å². The van der Waals surface area contributed by atoms with Crippen molar-refractivity contribution in [3.05, 3.63) is 104 Å². The maximum atomic E-state index is 12.0. The van der Waals surface area contributed by atoms with Crippen LogP contribution < -0.4 is 0 Å². The number of fused-ring (bicyclic) bond motifs is 2. The first-order valence-corrected chi connectivity index (χ1v) is 17.5. The van der Waals surface area contributed by atoms with E-state index in [1.165, 1.54) is 88.2 Å². The molecule has 46 heavy (non-hydrogen) atoms. The molecular formula is C40H40N2O4. The molecule has 0 saturated heterocycles. The van der Waals surface area contributed by atoms with Crippen LogP contribution in [0, 0.1) is 54.7 Å². The Kier molecular flexibility index (Phi) is 5.32. The van der Waals surface area contributed by atoms with Gasteiger partial charge in [-0.3, -0.25) is 20.2 Å². The zero-order valence-corrected chi connectivity index (χ0v) is 26.3. The van der Waals surface area contributed by atoms with Gasteiger partial charge in [-0.1, -0.05) is 48.5 Å². The Morgan fingerprint density at radius 2 is 0.826 bits per heavy atom. The fraction of sp³-hybridized carbons (Fsp3) is 0.500. The third kappa shape index (κ3) is 3.48. The van der Waals surface area contributed by atoms with Crippen LogP contribution in [0.2, 0.25) is 0 Å². The van der Waals surface area contributed by atoms with E-state index in [-0.39, 0.29) is 32.1 Å². The van der Waals surface area contributed by atoms with Gasteiger partial charge in [0.1, 0.15) is 0 Å². The Morgan fingerprint density at radius 1 is 0.478 bits per heavy atom. The Bertz CT molecular complexity index is 1830. The van der Waals surface area contributed by atoms with Crippen LogP contribution in [0.4, 0.5) is 11.4 Å². The first kappa shape index (κ1) is 27.3. The second-order valence-corrected chi connectivity index (χ2v) is 16.9. The average Bonchev–Trinajstić information content (AvgIpc) is 3.02. The fourth-order valence-corrected chi connectivity index (χ4v) is 14.2. The van der Waals surface area contributed by atoms with Gasteiger partial charge in [0, 0.05) is 12.1 Å². The van der Waals surface area contributed by atoms with Crippen molar-refractivity contribution in [3.63, 3.8) is 0 Å². The van der Waals surface area contributed by atoms with Gasteiger partial charge in [-0.2, -0.15) is 0 Å². The summed E-state index contributed by atoms with van der Waals surface area (Å²) in [6.07, 6.45) is 15.3. The summed E-state index contributed by atoms with van der Waals surface area (Å²) in [5.74, 6) is 2.89. The van der Waals surface area contributed by atoms with Crippen LogP contribution in [0.1, 0.15) is 88.2 Å². The average molecular weight is 613 g/mol. The maximum absolute atomic E-state index is 12.0. The normalized spacial score (nSPS) is 38.5. The Hall–Kier alpha value is -3.80. The summed E-state index contributed by atoms with van der Waals surface area (Å²) in [7, 11) is 0. The van der Waals surface area contributed by atoms with E-state index >= 15 is 0 Å². The molecule has 8 fully saturated rings. The molecule has 6 nitrogen and oxygen atoms in total. The van der Waals surface area contributed by atoms with Crippen LogP contribution in [0.3, 0.4) is 0 Å². The molecule has 0 spiro atoms. The molecule has 0 aliphatic heterocycles. The second-order valence-electron chi connectivity index (χ2n) is 16.9. The Balaban J connectivity index is 1.12. The highest BCUT2D eigenvalue weighted by atomic mass is 16.6. The molecule has 8 saturated carbocycles. The van der Waals surface area contributed by atoms with Crippen LogP contribution in [-0.4, -0.2) is 9.85 Å². The summed E-state index contributed by atoms with van der Waals surface area (Å²) in [5.41, 5.74) is 3.92. The highest BCUT2D eigenvalue weighted by Crippen LogP contribution is 2.79. The predicted molar refractivity (Wildman–Crippen MR) is 179 cm³/mol. The molecule has 12 rings (SSSR count). The number of non-ortho nitro benzene ring substituents is 2. The van der Waals surface area contributed by atoms with Crippen molar-refractivity contribution in [3.8, 4) is 0 Å². The van der Waals surface area contributed by atoms with Gasteiger partial charge >= 0.3 is 0 Å². The number of nitro groups is 2. The molecule has 0 N–H and O–H groups in total. The van der Waals surface area contributed by atoms with Crippen LogP contribution in [0.25, 0.3) is 21.5 Å². The summed E-state index contributed by atoms with van der Waals surface area (Å²) >= 11 is 0. The molecule has 0 amide bonds. The molecule has 4 unspecified atom stereocenters. The monoisotopic (exact) mass is 612 g/mol. The van der Waals surface area contributed by atoms with Gasteiger partial charge in [0.15, 0.2) is 0 Å². The number of rotatable bonds is 5. The van der Waals surface area contributed by atoms with Crippen molar-refractivity contribution in [2.45, 2.75) is 87.9 Å². The van der Waals surface area contributed by atoms with Crippen LogP contribution in [0.15, 0.2) is 72.8 Å². The molecule has 8 bridgehead atoms. The van der Waals surface area contributed by atoms with E-state index in [0.29, 0.717) is 10.8 Å². The molecule has 4 aromatic rings. The number of nitrogens with zero attached hydrogens (tertiary/aromatic N) is 2. The minimum atomic E-state index is -0.218. The summed E-state index contributed by atoms with van der Waals surface area (Å²) in [4.78, 5) is 23.6. The highest BCUT2D eigenvalue weighted by molar-refractivity contribution is 5.95. The van der Waals surface area contributed by atoms with Gasteiger partial charge in [0.2, 0.25) is 0 Å². The van der Waals surface area contributed by atoms with Gasteiger partial charge in [0.25, 0.3) is 11.4 Å². The third-order valence-corrected chi connectivity index (χ3v) is 14.6. The van der Waals surface area contributed by atoms with Gasteiger partial charge in [-0.15, -0.1) is 0 Å². The van der Waals surface area contributed by atoms with Gasteiger partial charge in [-0.05, 0) is 156 Å². The maximum Gasteiger partial charge on any atom is 0.277 e. The van der Waals surface area contributed by atoms with E-state index in [1.54, 1.807) is 12.1 Å². The summed E-state index contributed by atoms with van der Waals surface area (Å²) in [5, 5.41) is 27.8. The number of hydrogen-bond donors (Lipinski definition) is 0. The van der Waals surface area contributed by atoms with Crippen molar-refractivity contribution in [2.24, 2.45) is 34.5 Å². The molecular weight excluding hydrogens is 572 g/mol. The topological polar surface area (TPSA) is 86.3 Å². The van der Waals surface area contributed by atoms with Crippen molar-refractivity contribution in [1.82, 2.24) is 0 Å². The lowest BCUT2D eigenvalue weighted by atomic mass is 9.30. The van der Waals surface area contributed by atoms with Crippen LogP contribution >= 0.6 is 0 Å². The van der Waals surface area contributed by atoms with E-state index in [4.69, 9.17) is 0 Å². The summed E-state index contributed by atoms with van der Waals surface area (Å²) in [6.45, 7) is 0. The van der Waals surface area contributed by atoms with Crippen molar-refractivity contribution in [1.29, 1.82) is 0 Å². The zero-order valence-electron chi connectivity index (χ0n) is 26.3. The molecule has 6 heteroatoms. The van der Waals surface area contributed by atoms with Crippen LogP contribution in [-0.2, 0) is 10.8 Å². The largest absolute Gasteiger partial charge is 0.277 e. The first-order valence-electron chi connectivity index (χ1n) is 17.5. The number of hydrogen-bond acceptors (Lipinski definition) is 4. The molecule has 8 aliphatic rings. The van der Waals surface area contributed by atoms with Crippen molar-refractivity contribution >= 4 is 32.9 Å².